The number of nitrogens with one attached hydrogen (secondary N) is 1. The summed E-state index contributed by atoms with van der Waals surface area (Å²) in [4.78, 5) is 8.04. The molecule has 0 unspecified atom stereocenters. The molecular weight excluding hydrogens is 212 g/mol. The number of anilines is 1. The van der Waals surface area contributed by atoms with Crippen LogP contribution in [0.3, 0.4) is 0 Å². The van der Waals surface area contributed by atoms with E-state index in [9.17, 15) is 0 Å². The van der Waals surface area contributed by atoms with E-state index in [1.54, 1.807) is 6.20 Å². The maximum Gasteiger partial charge on any atom is 0.182 e. The Bertz CT molecular complexity index is 557. The van der Waals surface area contributed by atoms with Crippen LogP contribution in [0, 0.1) is 18.3 Å². The van der Waals surface area contributed by atoms with Gasteiger partial charge in [-0.15, -0.1) is 0 Å². The maximum atomic E-state index is 8.88. The zero-order chi connectivity index (χ0) is 12.1. The summed E-state index contributed by atoms with van der Waals surface area (Å²) in [6.07, 6.45) is 3.08. The van der Waals surface area contributed by atoms with Crippen LogP contribution in [0.25, 0.3) is 0 Å². The highest BCUT2D eigenvalue weighted by molar-refractivity contribution is 5.47. The number of aromatic nitrogens is 2. The van der Waals surface area contributed by atoms with Crippen LogP contribution in [0.15, 0.2) is 36.7 Å². The zero-order valence-corrected chi connectivity index (χ0v) is 9.51. The van der Waals surface area contributed by atoms with E-state index in [1.807, 2.05) is 24.3 Å². The fourth-order valence-electron chi connectivity index (χ4n) is 1.54. The van der Waals surface area contributed by atoms with Crippen molar-refractivity contribution in [1.82, 2.24) is 9.97 Å². The van der Waals surface area contributed by atoms with Crippen molar-refractivity contribution in [2.45, 2.75) is 13.5 Å². The molecular formula is C13H12N4. The molecule has 2 rings (SSSR count). The van der Waals surface area contributed by atoms with Crippen LogP contribution in [0.5, 0.6) is 0 Å². The van der Waals surface area contributed by atoms with Gasteiger partial charge < -0.3 is 5.32 Å². The second-order valence-corrected chi connectivity index (χ2v) is 3.65. The highest BCUT2D eigenvalue weighted by atomic mass is 15.0. The van der Waals surface area contributed by atoms with Crippen molar-refractivity contribution < 1.29 is 0 Å². The summed E-state index contributed by atoms with van der Waals surface area (Å²) < 4.78 is 0. The molecule has 0 radical (unpaired) electrons. The van der Waals surface area contributed by atoms with E-state index in [0.717, 1.165) is 0 Å². The second-order valence-electron chi connectivity index (χ2n) is 3.65. The van der Waals surface area contributed by atoms with Gasteiger partial charge in [0, 0.05) is 18.9 Å². The third-order valence-electron chi connectivity index (χ3n) is 2.51. The Hall–Kier alpha value is -2.41. The average molecular weight is 224 g/mol. The molecule has 4 nitrogen and oxygen atoms in total. The molecule has 2 aromatic rings. The normalized spacial score (nSPS) is 9.65. The van der Waals surface area contributed by atoms with Gasteiger partial charge >= 0.3 is 0 Å². The first kappa shape index (κ1) is 11.1. The minimum atomic E-state index is 0.320. The monoisotopic (exact) mass is 224 g/mol. The summed E-state index contributed by atoms with van der Waals surface area (Å²) in [6, 6.07) is 10.1. The van der Waals surface area contributed by atoms with Gasteiger partial charge in [0.25, 0.3) is 0 Å². The molecule has 17 heavy (non-hydrogen) atoms. The molecule has 1 N–H and O–H groups in total. The SMILES string of the molecule is Cc1ccccc1CNc1nccnc1C#N. The molecule has 1 aromatic carbocycles. The van der Waals surface area contributed by atoms with E-state index in [0.29, 0.717) is 18.1 Å². The maximum absolute atomic E-state index is 8.88. The first-order chi connectivity index (χ1) is 8.31. The van der Waals surface area contributed by atoms with E-state index in [4.69, 9.17) is 5.26 Å². The topological polar surface area (TPSA) is 61.6 Å². The number of nitriles is 1. The van der Waals surface area contributed by atoms with Crippen LogP contribution >= 0.6 is 0 Å². The summed E-state index contributed by atoms with van der Waals surface area (Å²) in [6.45, 7) is 2.69. The van der Waals surface area contributed by atoms with Crippen molar-refractivity contribution in [3.05, 3.63) is 53.5 Å². The van der Waals surface area contributed by atoms with Gasteiger partial charge in [-0.3, -0.25) is 0 Å². The van der Waals surface area contributed by atoms with E-state index < -0.39 is 0 Å². The van der Waals surface area contributed by atoms with Gasteiger partial charge in [-0.2, -0.15) is 5.26 Å². The van der Waals surface area contributed by atoms with Gasteiger partial charge in [-0.25, -0.2) is 9.97 Å². The van der Waals surface area contributed by atoms with Crippen LogP contribution in [0.2, 0.25) is 0 Å². The number of rotatable bonds is 3. The summed E-state index contributed by atoms with van der Waals surface area (Å²) in [5, 5.41) is 12.0. The zero-order valence-electron chi connectivity index (χ0n) is 9.51. The average Bonchev–Trinajstić information content (AvgIpc) is 2.38. The van der Waals surface area contributed by atoms with E-state index in [-0.39, 0.29) is 0 Å². The molecule has 0 saturated heterocycles. The quantitative estimate of drug-likeness (QED) is 0.868. The van der Waals surface area contributed by atoms with Gasteiger partial charge in [-0.05, 0) is 18.1 Å². The standard InChI is InChI=1S/C13H12N4/c1-10-4-2-3-5-11(10)9-17-13-12(8-14)15-6-7-16-13/h2-7H,9H2,1H3,(H,16,17). The van der Waals surface area contributed by atoms with Gasteiger partial charge in [0.05, 0.1) is 0 Å². The number of nitrogens with zero attached hydrogens (tertiary/aromatic N) is 3. The highest BCUT2D eigenvalue weighted by Crippen LogP contribution is 2.11. The predicted octanol–water partition coefficient (Wildman–Crippen LogP) is 2.27. The van der Waals surface area contributed by atoms with E-state index >= 15 is 0 Å². The lowest BCUT2D eigenvalue weighted by Gasteiger charge is -2.08. The summed E-state index contributed by atoms with van der Waals surface area (Å²) in [7, 11) is 0. The Morgan fingerprint density at radius 2 is 2.00 bits per heavy atom. The Morgan fingerprint density at radius 3 is 2.76 bits per heavy atom. The van der Waals surface area contributed by atoms with Crippen LogP contribution in [0.1, 0.15) is 16.8 Å². The third-order valence-corrected chi connectivity index (χ3v) is 2.51. The number of hydrogen-bond acceptors (Lipinski definition) is 4. The summed E-state index contributed by atoms with van der Waals surface area (Å²) in [5.74, 6) is 0.526. The summed E-state index contributed by atoms with van der Waals surface area (Å²) in [5.41, 5.74) is 2.71. The predicted molar refractivity (Wildman–Crippen MR) is 65.3 cm³/mol. The van der Waals surface area contributed by atoms with Gasteiger partial charge in [0.2, 0.25) is 0 Å². The summed E-state index contributed by atoms with van der Waals surface area (Å²) >= 11 is 0. The van der Waals surface area contributed by atoms with Crippen LogP contribution < -0.4 is 5.32 Å². The number of aryl methyl sites for hydroxylation is 1. The molecule has 84 valence electrons. The molecule has 0 fully saturated rings. The molecule has 0 atom stereocenters. The van der Waals surface area contributed by atoms with Gasteiger partial charge in [0.15, 0.2) is 11.5 Å². The Kier molecular flexibility index (Phi) is 3.31. The molecule has 0 spiro atoms. The van der Waals surface area contributed by atoms with E-state index in [1.165, 1.54) is 17.3 Å². The minimum Gasteiger partial charge on any atom is -0.364 e. The molecule has 0 bridgehead atoms. The second kappa shape index (κ2) is 5.08. The lowest BCUT2D eigenvalue weighted by Crippen LogP contribution is -2.05. The van der Waals surface area contributed by atoms with Crippen molar-refractivity contribution in [3.63, 3.8) is 0 Å². The highest BCUT2D eigenvalue weighted by Gasteiger charge is 2.03. The molecule has 0 aliphatic rings. The molecule has 1 aromatic heterocycles. The van der Waals surface area contributed by atoms with Crippen molar-refractivity contribution in [3.8, 4) is 6.07 Å². The fourth-order valence-corrected chi connectivity index (χ4v) is 1.54. The third kappa shape index (κ3) is 2.58. The van der Waals surface area contributed by atoms with Crippen molar-refractivity contribution in [1.29, 1.82) is 5.26 Å². The minimum absolute atomic E-state index is 0.320. The van der Waals surface area contributed by atoms with Crippen LogP contribution in [0.4, 0.5) is 5.82 Å². The van der Waals surface area contributed by atoms with Gasteiger partial charge in [-0.1, -0.05) is 24.3 Å². The molecule has 0 aliphatic carbocycles. The molecule has 4 heteroatoms. The van der Waals surface area contributed by atoms with E-state index in [2.05, 4.69) is 28.3 Å². The lowest BCUT2D eigenvalue weighted by molar-refractivity contribution is 1.06. The lowest BCUT2D eigenvalue weighted by atomic mass is 10.1. The van der Waals surface area contributed by atoms with Crippen molar-refractivity contribution >= 4 is 5.82 Å². The Labute approximate surface area is 100.0 Å². The Balaban J connectivity index is 2.13. The first-order valence-corrected chi connectivity index (χ1v) is 5.31. The number of hydrogen-bond donors (Lipinski definition) is 1. The molecule has 0 aliphatic heterocycles. The first-order valence-electron chi connectivity index (χ1n) is 5.31. The number of benzene rings is 1. The molecule has 1 heterocycles. The van der Waals surface area contributed by atoms with Crippen molar-refractivity contribution in [2.24, 2.45) is 0 Å². The van der Waals surface area contributed by atoms with Gasteiger partial charge in [0.1, 0.15) is 6.07 Å². The van der Waals surface area contributed by atoms with Crippen molar-refractivity contribution in [2.75, 3.05) is 5.32 Å². The fraction of sp³-hybridized carbons (Fsp3) is 0.154. The smallest absolute Gasteiger partial charge is 0.182 e. The van der Waals surface area contributed by atoms with Crippen LogP contribution in [-0.2, 0) is 6.54 Å². The largest absolute Gasteiger partial charge is 0.364 e. The molecule has 0 saturated carbocycles. The Morgan fingerprint density at radius 1 is 1.24 bits per heavy atom. The molecule has 0 amide bonds. The van der Waals surface area contributed by atoms with Crippen LogP contribution in [-0.4, -0.2) is 9.97 Å².